The SMILES string of the molecule is CCC(COC(=O)C(C)C(=O)OCC1COC(C2CCC3OC3C2)O1)CC1OC1C. The van der Waals surface area contributed by atoms with Crippen LogP contribution in [0.5, 0.6) is 0 Å². The first-order valence-electron chi connectivity index (χ1n) is 11.4. The predicted octanol–water partition coefficient (Wildman–Crippen LogP) is 2.22. The second-order valence-corrected chi connectivity index (χ2v) is 9.12. The molecule has 170 valence electrons. The number of ether oxygens (including phenoxy) is 6. The summed E-state index contributed by atoms with van der Waals surface area (Å²) in [5, 5.41) is 0. The van der Waals surface area contributed by atoms with E-state index < -0.39 is 17.9 Å². The molecule has 4 aliphatic rings. The summed E-state index contributed by atoms with van der Waals surface area (Å²) in [5.41, 5.74) is 0. The molecule has 0 aromatic rings. The number of rotatable bonds is 10. The van der Waals surface area contributed by atoms with Gasteiger partial charge in [0.25, 0.3) is 0 Å². The molecule has 8 heteroatoms. The van der Waals surface area contributed by atoms with Crippen LogP contribution >= 0.6 is 0 Å². The third kappa shape index (κ3) is 5.52. The van der Waals surface area contributed by atoms with Gasteiger partial charge in [0, 0.05) is 5.92 Å². The first kappa shape index (κ1) is 22.0. The van der Waals surface area contributed by atoms with E-state index in [0.717, 1.165) is 32.1 Å². The number of hydrogen-bond donors (Lipinski definition) is 0. The highest BCUT2D eigenvalue weighted by Crippen LogP contribution is 2.42. The van der Waals surface area contributed by atoms with Crippen molar-refractivity contribution in [2.24, 2.45) is 17.8 Å². The molecule has 0 radical (unpaired) electrons. The normalized spacial score (nSPS) is 39.0. The zero-order chi connectivity index (χ0) is 21.3. The van der Waals surface area contributed by atoms with E-state index in [9.17, 15) is 9.59 Å². The van der Waals surface area contributed by atoms with Crippen LogP contribution in [0.3, 0.4) is 0 Å². The number of esters is 2. The van der Waals surface area contributed by atoms with Crippen molar-refractivity contribution < 1.29 is 38.0 Å². The largest absolute Gasteiger partial charge is 0.465 e. The number of hydrogen-bond acceptors (Lipinski definition) is 8. The number of carbonyl (C=O) groups is 2. The van der Waals surface area contributed by atoms with E-state index in [0.29, 0.717) is 37.4 Å². The van der Waals surface area contributed by atoms with E-state index in [1.807, 2.05) is 6.92 Å². The van der Waals surface area contributed by atoms with Crippen molar-refractivity contribution in [1.82, 2.24) is 0 Å². The van der Waals surface area contributed by atoms with Gasteiger partial charge in [-0.15, -0.1) is 0 Å². The van der Waals surface area contributed by atoms with Crippen molar-refractivity contribution in [1.29, 1.82) is 0 Å². The fourth-order valence-electron chi connectivity index (χ4n) is 4.37. The van der Waals surface area contributed by atoms with Gasteiger partial charge in [-0.25, -0.2) is 0 Å². The van der Waals surface area contributed by atoms with E-state index in [4.69, 9.17) is 28.4 Å². The second kappa shape index (κ2) is 9.51. The minimum atomic E-state index is -0.959. The quantitative estimate of drug-likeness (QED) is 0.298. The Morgan fingerprint density at radius 3 is 2.53 bits per heavy atom. The maximum absolute atomic E-state index is 12.3. The molecule has 0 bridgehead atoms. The van der Waals surface area contributed by atoms with Crippen LogP contribution in [-0.4, -0.2) is 68.6 Å². The maximum atomic E-state index is 12.3. The van der Waals surface area contributed by atoms with E-state index in [1.54, 1.807) is 0 Å². The fourth-order valence-corrected chi connectivity index (χ4v) is 4.37. The average Bonchev–Trinajstić information content (AvgIpc) is 3.63. The number of epoxide rings is 2. The van der Waals surface area contributed by atoms with Gasteiger partial charge in [0.15, 0.2) is 12.2 Å². The summed E-state index contributed by atoms with van der Waals surface area (Å²) in [5.74, 6) is -1.53. The first-order chi connectivity index (χ1) is 14.4. The van der Waals surface area contributed by atoms with Crippen molar-refractivity contribution in [3.63, 3.8) is 0 Å². The predicted molar refractivity (Wildman–Crippen MR) is 104 cm³/mol. The third-order valence-corrected chi connectivity index (χ3v) is 6.76. The molecule has 4 fully saturated rings. The van der Waals surface area contributed by atoms with Crippen LogP contribution in [0.4, 0.5) is 0 Å². The fraction of sp³-hybridized carbons (Fsp3) is 0.909. The van der Waals surface area contributed by atoms with Gasteiger partial charge in [0.2, 0.25) is 0 Å². The van der Waals surface area contributed by atoms with Gasteiger partial charge < -0.3 is 28.4 Å². The van der Waals surface area contributed by atoms with Gasteiger partial charge >= 0.3 is 11.9 Å². The van der Waals surface area contributed by atoms with Gasteiger partial charge in [-0.2, -0.15) is 0 Å². The van der Waals surface area contributed by atoms with E-state index in [1.165, 1.54) is 6.92 Å². The van der Waals surface area contributed by atoms with Crippen LogP contribution in [0.25, 0.3) is 0 Å². The molecule has 0 N–H and O–H groups in total. The van der Waals surface area contributed by atoms with Crippen LogP contribution < -0.4 is 0 Å². The van der Waals surface area contributed by atoms with Gasteiger partial charge in [0.1, 0.15) is 12.7 Å². The minimum absolute atomic E-state index is 0.0801. The molecule has 0 aromatic carbocycles. The molecule has 0 spiro atoms. The van der Waals surface area contributed by atoms with Crippen molar-refractivity contribution in [2.45, 2.75) is 89.7 Å². The molecule has 0 amide bonds. The Bertz CT molecular complexity index is 624. The molecule has 9 unspecified atom stereocenters. The summed E-state index contributed by atoms with van der Waals surface area (Å²) in [4.78, 5) is 24.5. The molecule has 4 rings (SSSR count). The molecule has 3 heterocycles. The summed E-state index contributed by atoms with van der Waals surface area (Å²) >= 11 is 0. The zero-order valence-electron chi connectivity index (χ0n) is 18.1. The highest BCUT2D eigenvalue weighted by Gasteiger charge is 2.47. The lowest BCUT2D eigenvalue weighted by Gasteiger charge is -2.24. The summed E-state index contributed by atoms with van der Waals surface area (Å²) in [7, 11) is 0. The molecule has 0 aromatic heterocycles. The Morgan fingerprint density at radius 2 is 1.83 bits per heavy atom. The van der Waals surface area contributed by atoms with Crippen LogP contribution in [0, 0.1) is 17.8 Å². The van der Waals surface area contributed by atoms with E-state index in [2.05, 4.69) is 6.92 Å². The van der Waals surface area contributed by atoms with Crippen molar-refractivity contribution >= 4 is 11.9 Å². The Hall–Kier alpha value is -1.22. The average molecular weight is 427 g/mol. The lowest BCUT2D eigenvalue weighted by atomic mass is 9.89. The molecule has 1 aliphatic carbocycles. The smallest absolute Gasteiger partial charge is 0.320 e. The van der Waals surface area contributed by atoms with Crippen molar-refractivity contribution in [3.8, 4) is 0 Å². The Balaban J connectivity index is 1.12. The standard InChI is InChI=1S/C22H34O8/c1-4-14(7-18-13(3)28-18)9-25-20(23)12(2)21(24)26-10-16-11-27-22(29-16)15-5-6-17-19(8-15)30-17/h12-19,22H,4-11H2,1-3H3. The van der Waals surface area contributed by atoms with Crippen molar-refractivity contribution in [2.75, 3.05) is 19.8 Å². The second-order valence-electron chi connectivity index (χ2n) is 9.12. The van der Waals surface area contributed by atoms with Crippen LogP contribution in [0.2, 0.25) is 0 Å². The van der Waals surface area contributed by atoms with Gasteiger partial charge in [-0.3, -0.25) is 9.59 Å². The molecule has 9 atom stereocenters. The molecule has 3 saturated heterocycles. The van der Waals surface area contributed by atoms with Crippen LogP contribution in [0.1, 0.15) is 52.9 Å². The van der Waals surface area contributed by atoms with Crippen LogP contribution in [-0.2, 0) is 38.0 Å². The zero-order valence-corrected chi connectivity index (χ0v) is 18.1. The molecule has 3 aliphatic heterocycles. The summed E-state index contributed by atoms with van der Waals surface area (Å²) < 4.78 is 33.3. The summed E-state index contributed by atoms with van der Waals surface area (Å²) in [6.07, 6.45) is 5.64. The van der Waals surface area contributed by atoms with Gasteiger partial charge in [-0.05, 0) is 51.9 Å². The monoisotopic (exact) mass is 426 g/mol. The number of carbonyl (C=O) groups excluding carboxylic acids is 2. The highest BCUT2D eigenvalue weighted by atomic mass is 16.7. The van der Waals surface area contributed by atoms with E-state index in [-0.39, 0.29) is 31.0 Å². The summed E-state index contributed by atoms with van der Waals surface area (Å²) in [6, 6.07) is 0. The Morgan fingerprint density at radius 1 is 1.07 bits per heavy atom. The van der Waals surface area contributed by atoms with Crippen molar-refractivity contribution in [3.05, 3.63) is 0 Å². The van der Waals surface area contributed by atoms with Gasteiger partial charge in [-0.1, -0.05) is 6.92 Å². The molecule has 1 saturated carbocycles. The molecular formula is C22H34O8. The lowest BCUT2D eigenvalue weighted by molar-refractivity contribution is -0.165. The highest BCUT2D eigenvalue weighted by molar-refractivity contribution is 5.94. The number of fused-ring (bicyclic) bond motifs is 1. The first-order valence-corrected chi connectivity index (χ1v) is 11.4. The maximum Gasteiger partial charge on any atom is 0.320 e. The Kier molecular flexibility index (Phi) is 6.97. The third-order valence-electron chi connectivity index (χ3n) is 6.76. The summed E-state index contributed by atoms with van der Waals surface area (Å²) in [6.45, 7) is 6.38. The Labute approximate surface area is 177 Å². The minimum Gasteiger partial charge on any atom is -0.465 e. The van der Waals surface area contributed by atoms with Crippen LogP contribution in [0.15, 0.2) is 0 Å². The van der Waals surface area contributed by atoms with E-state index >= 15 is 0 Å². The molecular weight excluding hydrogens is 392 g/mol. The topological polar surface area (TPSA) is 96.1 Å². The van der Waals surface area contributed by atoms with Gasteiger partial charge in [0.05, 0.1) is 37.6 Å². The lowest BCUT2D eigenvalue weighted by Crippen LogP contribution is -2.31. The molecule has 30 heavy (non-hydrogen) atoms. The molecule has 8 nitrogen and oxygen atoms in total.